The molecule has 0 heterocycles. The summed E-state index contributed by atoms with van der Waals surface area (Å²) in [5, 5.41) is 0. The van der Waals surface area contributed by atoms with Gasteiger partial charge >= 0.3 is 0 Å². The molecule has 0 saturated heterocycles. The molecule has 4 atom stereocenters. The smallest absolute Gasteiger partial charge is 0.119 e. The van der Waals surface area contributed by atoms with Gasteiger partial charge < -0.3 is 4.74 Å². The number of ether oxygens (including phenoxy) is 1. The summed E-state index contributed by atoms with van der Waals surface area (Å²) in [4.78, 5) is 0. The lowest BCUT2D eigenvalue weighted by molar-refractivity contribution is 0.0598. The summed E-state index contributed by atoms with van der Waals surface area (Å²) < 4.78 is 5.40. The molecular formula is C19H26O. The van der Waals surface area contributed by atoms with Crippen LogP contribution < -0.4 is 4.74 Å². The topological polar surface area (TPSA) is 9.23 Å². The molecule has 1 heteroatoms. The number of aryl methyl sites for hydroxylation is 1. The molecule has 2 fully saturated rings. The molecule has 4 rings (SSSR count). The molecule has 0 aliphatic heterocycles. The summed E-state index contributed by atoms with van der Waals surface area (Å²) in [7, 11) is 1.78. The Bertz CT molecular complexity index is 520. The van der Waals surface area contributed by atoms with E-state index < -0.39 is 0 Å². The van der Waals surface area contributed by atoms with Crippen molar-refractivity contribution in [3.63, 3.8) is 0 Å². The van der Waals surface area contributed by atoms with E-state index in [4.69, 9.17) is 4.74 Å². The maximum atomic E-state index is 5.40. The molecule has 1 aromatic rings. The first-order chi connectivity index (χ1) is 9.71. The number of methoxy groups -OCH3 is 1. The van der Waals surface area contributed by atoms with Crippen molar-refractivity contribution in [3.8, 4) is 5.75 Å². The van der Waals surface area contributed by atoms with Crippen molar-refractivity contribution >= 4 is 0 Å². The number of benzene rings is 1. The second kappa shape index (κ2) is 4.51. The lowest BCUT2D eigenvalue weighted by Gasteiger charge is -2.49. The van der Waals surface area contributed by atoms with Gasteiger partial charge in [-0.3, -0.25) is 0 Å². The zero-order valence-corrected chi connectivity index (χ0v) is 12.8. The SMILES string of the molecule is COc1ccc2c(c1)CC[C@@H]1[C@@H]2CC[C@]2(C)CCC[C@@H]12. The van der Waals surface area contributed by atoms with E-state index in [1.54, 1.807) is 18.2 Å². The monoisotopic (exact) mass is 270 g/mol. The summed E-state index contributed by atoms with van der Waals surface area (Å²) in [6, 6.07) is 6.82. The van der Waals surface area contributed by atoms with Gasteiger partial charge in [-0.2, -0.15) is 0 Å². The molecule has 1 nitrogen and oxygen atoms in total. The number of fused-ring (bicyclic) bond motifs is 5. The third-order valence-electron chi connectivity index (χ3n) is 6.71. The molecule has 0 unspecified atom stereocenters. The second-order valence-electron chi connectivity index (χ2n) is 7.57. The molecule has 108 valence electrons. The molecular weight excluding hydrogens is 244 g/mol. The Balaban J connectivity index is 1.69. The fourth-order valence-electron chi connectivity index (χ4n) is 5.68. The first-order valence-corrected chi connectivity index (χ1v) is 8.38. The lowest BCUT2D eigenvalue weighted by Crippen LogP contribution is -2.39. The molecule has 0 amide bonds. The van der Waals surface area contributed by atoms with Gasteiger partial charge in [0, 0.05) is 0 Å². The van der Waals surface area contributed by atoms with Gasteiger partial charge in [-0.05, 0) is 85.0 Å². The Morgan fingerprint density at radius 3 is 2.90 bits per heavy atom. The lowest BCUT2D eigenvalue weighted by atomic mass is 9.56. The number of rotatable bonds is 1. The normalized spacial score (nSPS) is 38.8. The Kier molecular flexibility index (Phi) is 2.87. The molecule has 1 aromatic carbocycles. The summed E-state index contributed by atoms with van der Waals surface area (Å²) in [5.41, 5.74) is 3.88. The van der Waals surface area contributed by atoms with Crippen LogP contribution in [0.4, 0.5) is 0 Å². The fraction of sp³-hybridized carbons (Fsp3) is 0.684. The summed E-state index contributed by atoms with van der Waals surface area (Å²) in [5.74, 6) is 3.82. The molecule has 0 spiro atoms. The minimum absolute atomic E-state index is 0.672. The van der Waals surface area contributed by atoms with Crippen molar-refractivity contribution in [2.45, 2.75) is 57.8 Å². The van der Waals surface area contributed by atoms with E-state index in [0.29, 0.717) is 5.41 Å². The van der Waals surface area contributed by atoms with Crippen LogP contribution in [-0.2, 0) is 6.42 Å². The maximum Gasteiger partial charge on any atom is 0.119 e. The molecule has 3 aliphatic rings. The highest BCUT2D eigenvalue weighted by Crippen LogP contribution is 2.60. The molecule has 20 heavy (non-hydrogen) atoms. The van der Waals surface area contributed by atoms with Gasteiger partial charge in [0.15, 0.2) is 0 Å². The van der Waals surface area contributed by atoms with E-state index >= 15 is 0 Å². The fourth-order valence-corrected chi connectivity index (χ4v) is 5.68. The van der Waals surface area contributed by atoms with Gasteiger partial charge in [0.25, 0.3) is 0 Å². The van der Waals surface area contributed by atoms with E-state index in [9.17, 15) is 0 Å². The van der Waals surface area contributed by atoms with E-state index in [1.807, 2.05) is 0 Å². The Hall–Kier alpha value is -0.980. The average Bonchev–Trinajstić information content (AvgIpc) is 2.88. The average molecular weight is 270 g/mol. The highest BCUT2D eigenvalue weighted by Gasteiger charge is 2.50. The summed E-state index contributed by atoms with van der Waals surface area (Å²) in [6.07, 6.45) is 9.98. The Morgan fingerprint density at radius 1 is 1.15 bits per heavy atom. The van der Waals surface area contributed by atoms with Crippen LogP contribution in [0.3, 0.4) is 0 Å². The van der Waals surface area contributed by atoms with E-state index in [1.165, 1.54) is 44.9 Å². The Labute approximate surface area is 122 Å². The van der Waals surface area contributed by atoms with Gasteiger partial charge in [-0.1, -0.05) is 19.4 Å². The third kappa shape index (κ3) is 1.75. The third-order valence-corrected chi connectivity index (χ3v) is 6.71. The van der Waals surface area contributed by atoms with Crippen LogP contribution >= 0.6 is 0 Å². The zero-order chi connectivity index (χ0) is 13.7. The molecule has 0 bridgehead atoms. The number of hydrogen-bond acceptors (Lipinski definition) is 1. The van der Waals surface area contributed by atoms with Crippen LogP contribution in [0.15, 0.2) is 18.2 Å². The quantitative estimate of drug-likeness (QED) is 0.702. The minimum atomic E-state index is 0.672. The van der Waals surface area contributed by atoms with Crippen LogP contribution in [0.2, 0.25) is 0 Å². The highest BCUT2D eigenvalue weighted by molar-refractivity contribution is 5.40. The van der Waals surface area contributed by atoms with Gasteiger partial charge in [-0.25, -0.2) is 0 Å². The number of hydrogen-bond donors (Lipinski definition) is 0. The Morgan fingerprint density at radius 2 is 2.05 bits per heavy atom. The van der Waals surface area contributed by atoms with Crippen molar-refractivity contribution < 1.29 is 4.74 Å². The molecule has 2 saturated carbocycles. The summed E-state index contributed by atoms with van der Waals surface area (Å²) in [6.45, 7) is 2.57. The first kappa shape index (κ1) is 12.7. The predicted octanol–water partition coefficient (Wildman–Crippen LogP) is 4.94. The van der Waals surface area contributed by atoms with Gasteiger partial charge in [0.1, 0.15) is 5.75 Å². The van der Waals surface area contributed by atoms with Crippen molar-refractivity contribution in [1.29, 1.82) is 0 Å². The second-order valence-corrected chi connectivity index (χ2v) is 7.57. The van der Waals surface area contributed by atoms with Crippen molar-refractivity contribution in [3.05, 3.63) is 29.3 Å². The van der Waals surface area contributed by atoms with Gasteiger partial charge in [-0.15, -0.1) is 0 Å². The van der Waals surface area contributed by atoms with Crippen molar-refractivity contribution in [2.24, 2.45) is 17.3 Å². The van der Waals surface area contributed by atoms with E-state index in [-0.39, 0.29) is 0 Å². The maximum absolute atomic E-state index is 5.40. The summed E-state index contributed by atoms with van der Waals surface area (Å²) >= 11 is 0. The van der Waals surface area contributed by atoms with Crippen LogP contribution in [0.1, 0.15) is 62.5 Å². The minimum Gasteiger partial charge on any atom is -0.497 e. The molecule has 0 N–H and O–H groups in total. The predicted molar refractivity (Wildman–Crippen MR) is 82.2 cm³/mol. The zero-order valence-electron chi connectivity index (χ0n) is 12.8. The van der Waals surface area contributed by atoms with Crippen molar-refractivity contribution in [2.75, 3.05) is 7.11 Å². The van der Waals surface area contributed by atoms with Crippen LogP contribution in [0.25, 0.3) is 0 Å². The van der Waals surface area contributed by atoms with Crippen LogP contribution in [0, 0.1) is 17.3 Å². The largest absolute Gasteiger partial charge is 0.497 e. The van der Waals surface area contributed by atoms with Crippen LogP contribution in [0.5, 0.6) is 5.75 Å². The first-order valence-electron chi connectivity index (χ1n) is 8.38. The van der Waals surface area contributed by atoms with Gasteiger partial charge in [0.2, 0.25) is 0 Å². The van der Waals surface area contributed by atoms with Crippen molar-refractivity contribution in [1.82, 2.24) is 0 Å². The standard InChI is InChI=1S/C19H26O/c1-19-10-3-4-18(19)17-7-5-13-12-14(20-2)6-8-15(13)16(17)9-11-19/h6,8,12,16-18H,3-5,7,9-11H2,1-2H3/t16-,17-,18+,19+/m1/s1. The van der Waals surface area contributed by atoms with E-state index in [2.05, 4.69) is 25.1 Å². The molecule has 0 radical (unpaired) electrons. The molecule has 3 aliphatic carbocycles. The highest BCUT2D eigenvalue weighted by atomic mass is 16.5. The van der Waals surface area contributed by atoms with E-state index in [0.717, 1.165) is 23.5 Å². The van der Waals surface area contributed by atoms with Crippen LogP contribution in [-0.4, -0.2) is 7.11 Å². The van der Waals surface area contributed by atoms with Gasteiger partial charge in [0.05, 0.1) is 7.11 Å². The molecule has 0 aromatic heterocycles.